The molecule has 0 amide bonds. The van der Waals surface area contributed by atoms with Gasteiger partial charge < -0.3 is 4.74 Å². The fourth-order valence-electron chi connectivity index (χ4n) is 1.55. The van der Waals surface area contributed by atoms with Gasteiger partial charge in [-0.25, -0.2) is 0 Å². The zero-order valence-corrected chi connectivity index (χ0v) is 12.2. The average Bonchev–Trinajstić information content (AvgIpc) is 2.26. The second kappa shape index (κ2) is 8.07. The van der Waals surface area contributed by atoms with Gasteiger partial charge in [0.25, 0.3) is 0 Å². The van der Waals surface area contributed by atoms with E-state index in [-0.39, 0.29) is 0 Å². The molecule has 0 spiro atoms. The number of halogens is 3. The Morgan fingerprint density at radius 1 is 0.941 bits per heavy atom. The second-order valence-corrected chi connectivity index (χ2v) is 5.21. The van der Waals surface area contributed by atoms with Crippen LogP contribution >= 0.6 is 34.8 Å². The van der Waals surface area contributed by atoms with Crippen molar-refractivity contribution in [3.63, 3.8) is 0 Å². The maximum Gasteiger partial charge on any atom is 0.156 e. The van der Waals surface area contributed by atoms with Crippen LogP contribution in [-0.2, 0) is 0 Å². The van der Waals surface area contributed by atoms with Gasteiger partial charge in [-0.2, -0.15) is 0 Å². The first-order valence-electron chi connectivity index (χ1n) is 5.92. The van der Waals surface area contributed by atoms with E-state index in [1.807, 2.05) is 0 Å². The molecule has 4 heteroatoms. The highest BCUT2D eigenvalue weighted by Gasteiger charge is 2.08. The monoisotopic (exact) mass is 294 g/mol. The molecular formula is C13H17Cl3O. The first kappa shape index (κ1) is 14.9. The molecule has 1 aromatic carbocycles. The first-order chi connectivity index (χ1) is 8.15. The van der Waals surface area contributed by atoms with E-state index in [4.69, 9.17) is 39.5 Å². The highest BCUT2D eigenvalue weighted by Crippen LogP contribution is 2.35. The minimum Gasteiger partial charge on any atom is -0.490 e. The summed E-state index contributed by atoms with van der Waals surface area (Å²) in [4.78, 5) is 0. The Hall–Kier alpha value is -0.110. The highest BCUT2D eigenvalue weighted by molar-refractivity contribution is 6.40. The Balaban J connectivity index is 2.36. The van der Waals surface area contributed by atoms with Crippen LogP contribution in [0.25, 0.3) is 0 Å². The zero-order chi connectivity index (χ0) is 12.7. The van der Waals surface area contributed by atoms with Crippen LogP contribution in [0.15, 0.2) is 12.1 Å². The third-order valence-corrected chi connectivity index (χ3v) is 3.24. The van der Waals surface area contributed by atoms with Gasteiger partial charge in [-0.1, -0.05) is 67.4 Å². The van der Waals surface area contributed by atoms with E-state index in [0.29, 0.717) is 27.4 Å². The average molecular weight is 296 g/mol. The number of hydrogen-bond acceptors (Lipinski definition) is 1. The third kappa shape index (κ3) is 5.37. The van der Waals surface area contributed by atoms with Gasteiger partial charge in [0.1, 0.15) is 0 Å². The molecule has 96 valence electrons. The van der Waals surface area contributed by atoms with E-state index in [1.54, 1.807) is 12.1 Å². The summed E-state index contributed by atoms with van der Waals surface area (Å²) in [7, 11) is 0. The van der Waals surface area contributed by atoms with Gasteiger partial charge >= 0.3 is 0 Å². The van der Waals surface area contributed by atoms with Gasteiger partial charge in [-0.15, -0.1) is 0 Å². The van der Waals surface area contributed by atoms with E-state index in [1.165, 1.54) is 25.7 Å². The predicted molar refractivity (Wildman–Crippen MR) is 75.7 cm³/mol. The number of unbranched alkanes of at least 4 members (excludes halogenated alkanes) is 4. The molecule has 0 N–H and O–H groups in total. The number of rotatable bonds is 7. The van der Waals surface area contributed by atoms with Gasteiger partial charge in [-0.3, -0.25) is 0 Å². The summed E-state index contributed by atoms with van der Waals surface area (Å²) in [6, 6.07) is 3.28. The van der Waals surface area contributed by atoms with Crippen molar-refractivity contribution in [1.82, 2.24) is 0 Å². The molecule has 0 heterocycles. The molecule has 1 aromatic rings. The summed E-state index contributed by atoms with van der Waals surface area (Å²) in [6.45, 7) is 2.84. The van der Waals surface area contributed by atoms with Crippen molar-refractivity contribution < 1.29 is 4.74 Å². The lowest BCUT2D eigenvalue weighted by Crippen LogP contribution is -1.98. The second-order valence-electron chi connectivity index (χ2n) is 3.96. The summed E-state index contributed by atoms with van der Waals surface area (Å²) in [5.41, 5.74) is 0. The molecule has 0 atom stereocenters. The molecule has 0 saturated carbocycles. The van der Waals surface area contributed by atoms with Crippen LogP contribution in [0.2, 0.25) is 15.1 Å². The van der Waals surface area contributed by atoms with Crippen LogP contribution in [0.1, 0.15) is 39.0 Å². The van der Waals surface area contributed by atoms with Gasteiger partial charge in [-0.05, 0) is 18.6 Å². The first-order valence-corrected chi connectivity index (χ1v) is 7.06. The summed E-state index contributed by atoms with van der Waals surface area (Å²) < 4.78 is 5.58. The minimum absolute atomic E-state index is 0.469. The topological polar surface area (TPSA) is 9.23 Å². The molecule has 0 aliphatic rings. The van der Waals surface area contributed by atoms with Gasteiger partial charge in [0, 0.05) is 5.02 Å². The van der Waals surface area contributed by atoms with E-state index in [9.17, 15) is 0 Å². The molecule has 17 heavy (non-hydrogen) atoms. The molecule has 0 radical (unpaired) electrons. The Labute approximate surface area is 118 Å². The zero-order valence-electron chi connectivity index (χ0n) is 9.94. The molecule has 0 fully saturated rings. The molecule has 0 aliphatic heterocycles. The van der Waals surface area contributed by atoms with Crippen LogP contribution in [0.3, 0.4) is 0 Å². The van der Waals surface area contributed by atoms with Crippen LogP contribution in [0.5, 0.6) is 5.75 Å². The molecule has 0 bridgehead atoms. The summed E-state index contributed by atoms with van der Waals surface area (Å²) in [6.07, 6.45) is 5.98. The Morgan fingerprint density at radius 3 is 2.12 bits per heavy atom. The quantitative estimate of drug-likeness (QED) is 0.561. The lowest BCUT2D eigenvalue weighted by atomic mass is 10.2. The van der Waals surface area contributed by atoms with Crippen molar-refractivity contribution >= 4 is 34.8 Å². The maximum absolute atomic E-state index is 6.00. The van der Waals surface area contributed by atoms with Crippen molar-refractivity contribution in [3.05, 3.63) is 27.2 Å². The van der Waals surface area contributed by atoms with Gasteiger partial charge in [0.15, 0.2) is 5.75 Å². The van der Waals surface area contributed by atoms with Crippen LogP contribution in [-0.4, -0.2) is 6.61 Å². The van der Waals surface area contributed by atoms with E-state index in [0.717, 1.165) is 6.42 Å². The molecule has 0 aliphatic carbocycles. The van der Waals surface area contributed by atoms with E-state index < -0.39 is 0 Å². The lowest BCUT2D eigenvalue weighted by molar-refractivity contribution is 0.305. The number of hydrogen-bond donors (Lipinski definition) is 0. The normalized spacial score (nSPS) is 10.6. The van der Waals surface area contributed by atoms with E-state index >= 15 is 0 Å². The Bertz CT molecular complexity index is 330. The fraction of sp³-hybridized carbons (Fsp3) is 0.538. The van der Waals surface area contributed by atoms with Gasteiger partial charge in [0.2, 0.25) is 0 Å². The van der Waals surface area contributed by atoms with Crippen molar-refractivity contribution in [2.75, 3.05) is 6.61 Å². The van der Waals surface area contributed by atoms with Crippen LogP contribution in [0, 0.1) is 0 Å². The van der Waals surface area contributed by atoms with Crippen LogP contribution < -0.4 is 4.74 Å². The number of ether oxygens (including phenoxy) is 1. The SMILES string of the molecule is CCCCCCCOc1c(Cl)cc(Cl)cc1Cl. The highest BCUT2D eigenvalue weighted by atomic mass is 35.5. The lowest BCUT2D eigenvalue weighted by Gasteiger charge is -2.10. The maximum atomic E-state index is 6.00. The fourth-order valence-corrected chi connectivity index (χ4v) is 2.47. The smallest absolute Gasteiger partial charge is 0.156 e. The third-order valence-electron chi connectivity index (χ3n) is 2.46. The summed E-state index contributed by atoms with van der Waals surface area (Å²) in [5.74, 6) is 0.535. The Morgan fingerprint density at radius 2 is 1.53 bits per heavy atom. The minimum atomic E-state index is 0.469. The molecule has 0 saturated heterocycles. The standard InChI is InChI=1S/C13H17Cl3O/c1-2-3-4-5-6-7-17-13-11(15)8-10(14)9-12(13)16/h8-9H,2-7H2,1H3. The van der Waals surface area contributed by atoms with Crippen molar-refractivity contribution in [2.45, 2.75) is 39.0 Å². The predicted octanol–water partition coefficient (Wildman–Crippen LogP) is 6.00. The van der Waals surface area contributed by atoms with E-state index in [2.05, 4.69) is 6.92 Å². The summed E-state index contributed by atoms with van der Waals surface area (Å²) >= 11 is 17.8. The molecule has 1 nitrogen and oxygen atoms in total. The van der Waals surface area contributed by atoms with Crippen molar-refractivity contribution in [2.24, 2.45) is 0 Å². The van der Waals surface area contributed by atoms with Crippen molar-refractivity contribution in [3.8, 4) is 5.75 Å². The van der Waals surface area contributed by atoms with Crippen LogP contribution in [0.4, 0.5) is 0 Å². The largest absolute Gasteiger partial charge is 0.490 e. The molecule has 0 aromatic heterocycles. The van der Waals surface area contributed by atoms with Crippen molar-refractivity contribution in [1.29, 1.82) is 0 Å². The molecule has 0 unspecified atom stereocenters. The van der Waals surface area contributed by atoms with Gasteiger partial charge in [0.05, 0.1) is 16.7 Å². The molecule has 1 rings (SSSR count). The Kier molecular flexibility index (Phi) is 7.10. The summed E-state index contributed by atoms with van der Waals surface area (Å²) in [5, 5.41) is 1.46. The number of benzene rings is 1. The molecular weight excluding hydrogens is 279 g/mol.